The lowest BCUT2D eigenvalue weighted by atomic mass is 10.2. The first-order chi connectivity index (χ1) is 7.41. The highest BCUT2D eigenvalue weighted by Crippen LogP contribution is 2.01. The molecule has 0 radical (unpaired) electrons. The third-order valence-electron chi connectivity index (χ3n) is 2.36. The van der Waals surface area contributed by atoms with Gasteiger partial charge in [0, 0.05) is 6.61 Å². The minimum Gasteiger partial charge on any atom is -0.396 e. The van der Waals surface area contributed by atoms with Gasteiger partial charge in [0.2, 0.25) is 0 Å². The Morgan fingerprint density at radius 2 is 1.47 bits per heavy atom. The molecule has 0 aromatic rings. The van der Waals surface area contributed by atoms with Gasteiger partial charge in [0.1, 0.15) is 0 Å². The standard InChI is InChI=1S/C14H26O/c1-2-3-4-5-6-7-8-9-10-11-12-13-14-15/h5-6,8-9,15H,2-4,7,10-14H2,1H3. The minimum absolute atomic E-state index is 0.337. The number of rotatable bonds is 10. The van der Waals surface area contributed by atoms with Gasteiger partial charge in [-0.15, -0.1) is 0 Å². The van der Waals surface area contributed by atoms with Gasteiger partial charge < -0.3 is 5.11 Å². The van der Waals surface area contributed by atoms with Crippen LogP contribution in [-0.2, 0) is 0 Å². The molecule has 0 unspecified atom stereocenters. The van der Waals surface area contributed by atoms with Crippen molar-refractivity contribution in [2.45, 2.75) is 58.3 Å². The van der Waals surface area contributed by atoms with Crippen LogP contribution in [-0.4, -0.2) is 11.7 Å². The molecule has 0 heterocycles. The second kappa shape index (κ2) is 13.4. The van der Waals surface area contributed by atoms with Gasteiger partial charge in [-0.2, -0.15) is 0 Å². The van der Waals surface area contributed by atoms with E-state index in [2.05, 4.69) is 31.2 Å². The van der Waals surface area contributed by atoms with Gasteiger partial charge in [-0.3, -0.25) is 0 Å². The van der Waals surface area contributed by atoms with E-state index in [9.17, 15) is 0 Å². The third kappa shape index (κ3) is 13.4. The van der Waals surface area contributed by atoms with Crippen LogP contribution in [0.3, 0.4) is 0 Å². The fourth-order valence-corrected chi connectivity index (χ4v) is 1.38. The van der Waals surface area contributed by atoms with Crippen LogP contribution < -0.4 is 0 Å². The Hall–Kier alpha value is -0.560. The van der Waals surface area contributed by atoms with Crippen LogP contribution in [0.15, 0.2) is 24.3 Å². The topological polar surface area (TPSA) is 20.2 Å². The van der Waals surface area contributed by atoms with Crippen molar-refractivity contribution in [1.29, 1.82) is 0 Å². The van der Waals surface area contributed by atoms with Crippen molar-refractivity contribution in [3.8, 4) is 0 Å². The van der Waals surface area contributed by atoms with Crippen molar-refractivity contribution in [2.24, 2.45) is 0 Å². The number of aliphatic hydroxyl groups is 1. The van der Waals surface area contributed by atoms with Crippen LogP contribution >= 0.6 is 0 Å². The summed E-state index contributed by atoms with van der Waals surface area (Å²) in [7, 11) is 0. The van der Waals surface area contributed by atoms with E-state index in [0.29, 0.717) is 6.61 Å². The first-order valence-electron chi connectivity index (χ1n) is 6.32. The van der Waals surface area contributed by atoms with Gasteiger partial charge in [-0.25, -0.2) is 0 Å². The minimum atomic E-state index is 0.337. The number of hydrogen-bond acceptors (Lipinski definition) is 1. The van der Waals surface area contributed by atoms with Crippen LogP contribution in [0.25, 0.3) is 0 Å². The van der Waals surface area contributed by atoms with Crippen molar-refractivity contribution in [3.05, 3.63) is 24.3 Å². The molecule has 0 atom stereocenters. The highest BCUT2D eigenvalue weighted by Gasteiger charge is 1.84. The Labute approximate surface area is 94.9 Å². The van der Waals surface area contributed by atoms with E-state index in [1.54, 1.807) is 0 Å². The molecule has 88 valence electrons. The second-order valence-corrected chi connectivity index (χ2v) is 3.89. The second-order valence-electron chi connectivity index (χ2n) is 3.89. The summed E-state index contributed by atoms with van der Waals surface area (Å²) in [6.45, 7) is 2.56. The molecule has 0 amide bonds. The maximum atomic E-state index is 8.58. The average molecular weight is 210 g/mol. The quantitative estimate of drug-likeness (QED) is 0.422. The monoisotopic (exact) mass is 210 g/mol. The molecule has 0 bridgehead atoms. The molecule has 0 aromatic heterocycles. The molecule has 15 heavy (non-hydrogen) atoms. The van der Waals surface area contributed by atoms with Crippen molar-refractivity contribution in [2.75, 3.05) is 6.61 Å². The van der Waals surface area contributed by atoms with Crippen LogP contribution in [0, 0.1) is 0 Å². The van der Waals surface area contributed by atoms with E-state index in [0.717, 1.165) is 25.7 Å². The summed E-state index contributed by atoms with van der Waals surface area (Å²) >= 11 is 0. The molecule has 0 aliphatic carbocycles. The molecule has 1 nitrogen and oxygen atoms in total. The molecule has 1 N–H and O–H groups in total. The van der Waals surface area contributed by atoms with E-state index in [1.807, 2.05) is 0 Å². The molecule has 0 aromatic carbocycles. The molecule has 0 aliphatic rings. The summed E-state index contributed by atoms with van der Waals surface area (Å²) < 4.78 is 0. The van der Waals surface area contributed by atoms with Crippen LogP contribution in [0.2, 0.25) is 0 Å². The van der Waals surface area contributed by atoms with Gasteiger partial charge in [0.05, 0.1) is 0 Å². The predicted molar refractivity (Wildman–Crippen MR) is 68.0 cm³/mol. The smallest absolute Gasteiger partial charge is 0.0431 e. The molecule has 0 spiro atoms. The maximum Gasteiger partial charge on any atom is 0.0431 e. The fourth-order valence-electron chi connectivity index (χ4n) is 1.38. The van der Waals surface area contributed by atoms with Crippen LogP contribution in [0.4, 0.5) is 0 Å². The summed E-state index contributed by atoms with van der Waals surface area (Å²) in [5.74, 6) is 0. The van der Waals surface area contributed by atoms with E-state index in [-0.39, 0.29) is 0 Å². The molecule has 0 aliphatic heterocycles. The molecule has 0 rings (SSSR count). The van der Waals surface area contributed by atoms with Crippen molar-refractivity contribution in [1.82, 2.24) is 0 Å². The number of unbranched alkanes of at least 4 members (excludes halogenated alkanes) is 5. The Bertz CT molecular complexity index is 159. The zero-order valence-electron chi connectivity index (χ0n) is 10.1. The first-order valence-corrected chi connectivity index (χ1v) is 6.32. The fraction of sp³-hybridized carbons (Fsp3) is 0.714. The Balaban J connectivity index is 3.13. The van der Waals surface area contributed by atoms with E-state index in [1.165, 1.54) is 25.7 Å². The summed E-state index contributed by atoms with van der Waals surface area (Å²) in [6.07, 6.45) is 18.4. The lowest BCUT2D eigenvalue weighted by molar-refractivity contribution is 0.283. The van der Waals surface area contributed by atoms with Gasteiger partial charge in [0.15, 0.2) is 0 Å². The molecule has 0 fully saturated rings. The van der Waals surface area contributed by atoms with Crippen molar-refractivity contribution < 1.29 is 5.11 Å². The average Bonchev–Trinajstić information content (AvgIpc) is 2.26. The maximum absolute atomic E-state index is 8.58. The van der Waals surface area contributed by atoms with E-state index < -0.39 is 0 Å². The Morgan fingerprint density at radius 1 is 0.800 bits per heavy atom. The Morgan fingerprint density at radius 3 is 2.07 bits per heavy atom. The van der Waals surface area contributed by atoms with Crippen LogP contribution in [0.5, 0.6) is 0 Å². The first kappa shape index (κ1) is 14.4. The molecule has 1 heteroatoms. The lowest BCUT2D eigenvalue weighted by Crippen LogP contribution is -1.81. The SMILES string of the molecule is CCCCC=CCC=CCCCCCO. The zero-order valence-corrected chi connectivity index (χ0v) is 10.1. The number of allylic oxidation sites excluding steroid dienone is 4. The van der Waals surface area contributed by atoms with Gasteiger partial charge in [-0.1, -0.05) is 50.5 Å². The normalized spacial score (nSPS) is 11.9. The summed E-state index contributed by atoms with van der Waals surface area (Å²) in [5, 5.41) is 8.58. The highest BCUT2D eigenvalue weighted by molar-refractivity contribution is 4.92. The summed E-state index contributed by atoms with van der Waals surface area (Å²) in [4.78, 5) is 0. The number of aliphatic hydroxyl groups excluding tert-OH is 1. The van der Waals surface area contributed by atoms with Gasteiger partial charge in [0.25, 0.3) is 0 Å². The highest BCUT2D eigenvalue weighted by atomic mass is 16.2. The molecule has 0 saturated heterocycles. The molecule has 0 saturated carbocycles. The van der Waals surface area contributed by atoms with Gasteiger partial charge in [-0.05, 0) is 32.1 Å². The van der Waals surface area contributed by atoms with Crippen molar-refractivity contribution >= 4 is 0 Å². The third-order valence-corrected chi connectivity index (χ3v) is 2.36. The largest absolute Gasteiger partial charge is 0.396 e. The Kier molecular flexibility index (Phi) is 12.9. The van der Waals surface area contributed by atoms with Crippen molar-refractivity contribution in [3.63, 3.8) is 0 Å². The zero-order chi connectivity index (χ0) is 11.2. The molecular weight excluding hydrogens is 184 g/mol. The lowest BCUT2D eigenvalue weighted by Gasteiger charge is -1.93. The van der Waals surface area contributed by atoms with Gasteiger partial charge >= 0.3 is 0 Å². The summed E-state index contributed by atoms with van der Waals surface area (Å²) in [6, 6.07) is 0. The predicted octanol–water partition coefficient (Wildman–Crippen LogP) is 4.23. The van der Waals surface area contributed by atoms with E-state index in [4.69, 9.17) is 5.11 Å². The van der Waals surface area contributed by atoms with E-state index >= 15 is 0 Å². The van der Waals surface area contributed by atoms with Crippen LogP contribution in [0.1, 0.15) is 58.3 Å². The number of hydrogen-bond donors (Lipinski definition) is 1. The summed E-state index contributed by atoms with van der Waals surface area (Å²) in [5.41, 5.74) is 0. The molecular formula is C14H26O.